The molecule has 3 rings (SSSR count). The van der Waals surface area contributed by atoms with Gasteiger partial charge in [-0.2, -0.15) is 0 Å². The van der Waals surface area contributed by atoms with Gasteiger partial charge < -0.3 is 9.84 Å². The van der Waals surface area contributed by atoms with Crippen LogP contribution in [0.1, 0.15) is 11.3 Å². The molecule has 0 radical (unpaired) electrons. The summed E-state index contributed by atoms with van der Waals surface area (Å²) in [6, 6.07) is 15.3. The van der Waals surface area contributed by atoms with Crippen molar-refractivity contribution in [1.82, 2.24) is 5.16 Å². The molecule has 0 spiro atoms. The van der Waals surface area contributed by atoms with Gasteiger partial charge in [-0.3, -0.25) is 9.52 Å². The van der Waals surface area contributed by atoms with Crippen molar-refractivity contribution in [3.63, 3.8) is 0 Å². The van der Waals surface area contributed by atoms with Gasteiger partial charge in [0.15, 0.2) is 5.82 Å². The maximum atomic E-state index is 12.3. The lowest BCUT2D eigenvalue weighted by atomic mass is 10.2. The smallest absolute Gasteiger partial charge is 0.263 e. The lowest BCUT2D eigenvalue weighted by Gasteiger charge is -2.08. The molecule has 7 nitrogen and oxygen atoms in total. The Morgan fingerprint density at radius 2 is 1.75 bits per heavy atom. The van der Waals surface area contributed by atoms with E-state index in [2.05, 4.69) is 15.2 Å². The van der Waals surface area contributed by atoms with Gasteiger partial charge in [0.1, 0.15) is 5.76 Å². The Bertz CT molecular complexity index is 1060. The lowest BCUT2D eigenvalue weighted by Crippen LogP contribution is -2.15. The Morgan fingerprint density at radius 3 is 2.36 bits per heavy atom. The van der Waals surface area contributed by atoms with Gasteiger partial charge in [-0.1, -0.05) is 22.9 Å². The fourth-order valence-electron chi connectivity index (χ4n) is 2.31. The van der Waals surface area contributed by atoms with Crippen LogP contribution in [0, 0.1) is 13.8 Å². The van der Waals surface area contributed by atoms with Crippen LogP contribution in [0.5, 0.6) is 0 Å². The Labute approximate surface area is 167 Å². The zero-order chi connectivity index (χ0) is 20.1. The number of carbonyl (C=O) groups is 1. The molecule has 0 bridgehead atoms. The molecule has 0 fully saturated rings. The first-order chi connectivity index (χ1) is 13.3. The highest BCUT2D eigenvalue weighted by Gasteiger charge is 2.16. The molecule has 0 saturated heterocycles. The van der Waals surface area contributed by atoms with E-state index in [4.69, 9.17) is 4.52 Å². The Hall–Kier alpha value is -2.78. The van der Waals surface area contributed by atoms with Crippen LogP contribution in [-0.2, 0) is 14.8 Å². The number of benzene rings is 2. The summed E-state index contributed by atoms with van der Waals surface area (Å²) in [4.78, 5) is 13.2. The van der Waals surface area contributed by atoms with E-state index in [-0.39, 0.29) is 22.4 Å². The van der Waals surface area contributed by atoms with Crippen molar-refractivity contribution < 1.29 is 17.7 Å². The highest BCUT2D eigenvalue weighted by Crippen LogP contribution is 2.20. The molecule has 9 heteroatoms. The summed E-state index contributed by atoms with van der Waals surface area (Å²) in [6.07, 6.45) is 0. The van der Waals surface area contributed by atoms with Gasteiger partial charge in [-0.15, -0.1) is 11.8 Å². The van der Waals surface area contributed by atoms with Gasteiger partial charge >= 0.3 is 0 Å². The number of nitrogens with one attached hydrogen (secondary N) is 2. The second-order valence-electron chi connectivity index (χ2n) is 6.10. The first-order valence-electron chi connectivity index (χ1n) is 8.37. The zero-order valence-electron chi connectivity index (χ0n) is 15.3. The van der Waals surface area contributed by atoms with Crippen molar-refractivity contribution in [3.05, 3.63) is 65.9 Å². The average Bonchev–Trinajstić information content (AvgIpc) is 3.06. The summed E-state index contributed by atoms with van der Waals surface area (Å²) in [7, 11) is -3.78. The van der Waals surface area contributed by atoms with Crippen LogP contribution >= 0.6 is 11.8 Å². The number of thioether (sulfide) groups is 1. The van der Waals surface area contributed by atoms with Gasteiger partial charge in [0.25, 0.3) is 10.0 Å². The molecule has 3 aromatic rings. The maximum Gasteiger partial charge on any atom is 0.263 e. The number of sulfonamides is 1. The number of hydrogen-bond acceptors (Lipinski definition) is 6. The second kappa shape index (κ2) is 8.49. The first kappa shape index (κ1) is 20.0. The Kier molecular flexibility index (Phi) is 6.05. The minimum Gasteiger partial charge on any atom is -0.360 e. The van der Waals surface area contributed by atoms with Crippen LogP contribution in [0.25, 0.3) is 0 Å². The first-order valence-corrected chi connectivity index (χ1v) is 10.8. The van der Waals surface area contributed by atoms with Gasteiger partial charge in [0.2, 0.25) is 5.91 Å². The van der Waals surface area contributed by atoms with E-state index in [1.807, 2.05) is 31.2 Å². The van der Waals surface area contributed by atoms with Crippen molar-refractivity contribution >= 4 is 39.2 Å². The maximum absolute atomic E-state index is 12.3. The molecule has 0 aliphatic rings. The molecule has 1 heterocycles. The summed E-state index contributed by atoms with van der Waals surface area (Å²) in [5, 5.41) is 6.36. The van der Waals surface area contributed by atoms with Gasteiger partial charge in [-0.25, -0.2) is 8.42 Å². The van der Waals surface area contributed by atoms with E-state index in [0.29, 0.717) is 11.4 Å². The number of amides is 1. The summed E-state index contributed by atoms with van der Waals surface area (Å²) in [6.45, 7) is 3.67. The third-order valence-electron chi connectivity index (χ3n) is 3.71. The van der Waals surface area contributed by atoms with E-state index < -0.39 is 10.0 Å². The number of hydrogen-bond donors (Lipinski definition) is 2. The van der Waals surface area contributed by atoms with Crippen molar-refractivity contribution in [2.45, 2.75) is 23.6 Å². The predicted octanol–water partition coefficient (Wildman–Crippen LogP) is 3.82. The van der Waals surface area contributed by atoms with E-state index in [1.165, 1.54) is 42.1 Å². The quantitative estimate of drug-likeness (QED) is 0.567. The summed E-state index contributed by atoms with van der Waals surface area (Å²) >= 11 is 1.43. The molecule has 28 heavy (non-hydrogen) atoms. The van der Waals surface area contributed by atoms with Crippen molar-refractivity contribution in [2.75, 3.05) is 15.8 Å². The molecule has 1 amide bonds. The number of rotatable bonds is 7. The van der Waals surface area contributed by atoms with Gasteiger partial charge in [0.05, 0.1) is 10.6 Å². The van der Waals surface area contributed by atoms with Gasteiger partial charge in [0, 0.05) is 16.6 Å². The number of anilines is 2. The molecule has 1 aromatic heterocycles. The summed E-state index contributed by atoms with van der Waals surface area (Å²) < 4.78 is 31.9. The number of carbonyl (C=O) groups excluding carboxylic acids is 1. The fraction of sp³-hybridized carbons (Fsp3) is 0.158. The van der Waals surface area contributed by atoms with Crippen molar-refractivity contribution in [1.29, 1.82) is 0 Å². The molecule has 2 aromatic carbocycles. The second-order valence-corrected chi connectivity index (χ2v) is 8.83. The normalized spacial score (nSPS) is 11.2. The predicted molar refractivity (Wildman–Crippen MR) is 109 cm³/mol. The van der Waals surface area contributed by atoms with E-state index in [0.717, 1.165) is 10.5 Å². The van der Waals surface area contributed by atoms with Crippen LogP contribution in [0.15, 0.2) is 68.9 Å². The molecular formula is C19H19N3O4S2. The van der Waals surface area contributed by atoms with Crippen LogP contribution in [-0.4, -0.2) is 25.2 Å². The Morgan fingerprint density at radius 1 is 1.07 bits per heavy atom. The average molecular weight is 418 g/mol. The topological polar surface area (TPSA) is 101 Å². The highest BCUT2D eigenvalue weighted by molar-refractivity contribution is 8.00. The largest absolute Gasteiger partial charge is 0.360 e. The molecule has 2 N–H and O–H groups in total. The number of nitrogens with zero attached hydrogens (tertiary/aromatic N) is 1. The van der Waals surface area contributed by atoms with Crippen molar-refractivity contribution in [2.24, 2.45) is 0 Å². The fourth-order valence-corrected chi connectivity index (χ4v) is 3.99. The molecule has 0 aliphatic carbocycles. The monoisotopic (exact) mass is 417 g/mol. The lowest BCUT2D eigenvalue weighted by molar-refractivity contribution is -0.113. The standard InChI is InChI=1S/C19H19N3O4S2/c1-13-3-7-16(8-4-13)27-12-19(23)20-15-5-9-17(10-6-15)28(24,25)22-18-11-14(2)26-21-18/h3-11H,12H2,1-2H3,(H,20,23)(H,21,22). The highest BCUT2D eigenvalue weighted by atomic mass is 32.2. The van der Waals surface area contributed by atoms with Gasteiger partial charge in [-0.05, 0) is 50.2 Å². The van der Waals surface area contributed by atoms with E-state index >= 15 is 0 Å². The third kappa shape index (κ3) is 5.37. The van der Waals surface area contributed by atoms with E-state index in [9.17, 15) is 13.2 Å². The number of aromatic nitrogens is 1. The Balaban J connectivity index is 1.57. The molecule has 0 aliphatic heterocycles. The van der Waals surface area contributed by atoms with Crippen LogP contribution in [0.3, 0.4) is 0 Å². The molecule has 0 atom stereocenters. The molecule has 0 unspecified atom stereocenters. The van der Waals surface area contributed by atoms with Crippen LogP contribution in [0.4, 0.5) is 11.5 Å². The van der Waals surface area contributed by atoms with E-state index in [1.54, 1.807) is 6.92 Å². The minimum absolute atomic E-state index is 0.0557. The van der Waals surface area contributed by atoms with Crippen LogP contribution in [0.2, 0.25) is 0 Å². The SMILES string of the molecule is Cc1ccc(SCC(=O)Nc2ccc(S(=O)(=O)Nc3cc(C)on3)cc2)cc1. The van der Waals surface area contributed by atoms with Crippen molar-refractivity contribution in [3.8, 4) is 0 Å². The third-order valence-corrected chi connectivity index (χ3v) is 6.09. The zero-order valence-corrected chi connectivity index (χ0v) is 16.9. The number of aryl methyl sites for hydroxylation is 2. The molecule has 146 valence electrons. The minimum atomic E-state index is -3.78. The molecule has 0 saturated carbocycles. The molecular weight excluding hydrogens is 398 g/mol. The summed E-state index contributed by atoms with van der Waals surface area (Å²) in [5.41, 5.74) is 1.68. The van der Waals surface area contributed by atoms with Crippen LogP contribution < -0.4 is 10.0 Å². The summed E-state index contributed by atoms with van der Waals surface area (Å²) in [5.74, 6) is 0.704.